The third-order valence-electron chi connectivity index (χ3n) is 3.13. The number of ether oxygens (including phenoxy) is 3. The van der Waals surface area contributed by atoms with Gasteiger partial charge >= 0.3 is 17.9 Å². The zero-order valence-corrected chi connectivity index (χ0v) is 15.1. The van der Waals surface area contributed by atoms with Crippen molar-refractivity contribution in [3.05, 3.63) is 0 Å². The van der Waals surface area contributed by atoms with E-state index in [4.69, 9.17) is 14.2 Å². The molecule has 0 aromatic rings. The minimum absolute atomic E-state index is 0.165. The summed E-state index contributed by atoms with van der Waals surface area (Å²) in [5.74, 6) is -1.67. The molecule has 0 aliphatic carbocycles. The zero-order valence-electron chi connectivity index (χ0n) is 15.1. The molecule has 0 saturated heterocycles. The molecule has 0 aromatic carbocycles. The van der Waals surface area contributed by atoms with Crippen LogP contribution < -0.4 is 0 Å². The molecule has 0 rings (SSSR count). The van der Waals surface area contributed by atoms with Crippen LogP contribution in [0, 0.1) is 0 Å². The second-order valence-electron chi connectivity index (χ2n) is 5.92. The van der Waals surface area contributed by atoms with Crippen molar-refractivity contribution in [3.63, 3.8) is 0 Å². The van der Waals surface area contributed by atoms with E-state index in [1.165, 1.54) is 20.8 Å². The molecule has 0 aliphatic rings. The van der Waals surface area contributed by atoms with Gasteiger partial charge in [0.25, 0.3) is 0 Å². The first-order valence-corrected chi connectivity index (χ1v) is 8.23. The zero-order chi connectivity index (χ0) is 18.7. The Labute approximate surface area is 143 Å². The van der Waals surface area contributed by atoms with Crippen LogP contribution in [0.5, 0.6) is 0 Å². The molecule has 0 heterocycles. The van der Waals surface area contributed by atoms with Crippen LogP contribution in [0.2, 0.25) is 0 Å². The van der Waals surface area contributed by atoms with Crippen LogP contribution in [0.15, 0.2) is 0 Å². The number of hydrogen-bond acceptors (Lipinski definition) is 7. The van der Waals surface area contributed by atoms with Gasteiger partial charge in [0.1, 0.15) is 0 Å². The van der Waals surface area contributed by atoms with Gasteiger partial charge in [-0.25, -0.2) is 4.79 Å². The molecule has 0 aromatic heterocycles. The molecule has 7 nitrogen and oxygen atoms in total. The average molecular weight is 344 g/mol. The third-order valence-corrected chi connectivity index (χ3v) is 3.13. The largest absolute Gasteiger partial charge is 0.460 e. The van der Waals surface area contributed by atoms with E-state index in [2.05, 4.69) is 0 Å². The first-order valence-electron chi connectivity index (χ1n) is 8.23. The van der Waals surface area contributed by atoms with Gasteiger partial charge in [-0.1, -0.05) is 6.42 Å². The van der Waals surface area contributed by atoms with E-state index in [1.54, 1.807) is 13.8 Å². The van der Waals surface area contributed by atoms with Gasteiger partial charge in [0.05, 0.1) is 6.10 Å². The standard InChI is InChI=1S/C17H28O7/c1-11(2)22-17(21)14(5)24-16(20)10-8-6-7-9-15(19)23-13(4)12(3)18/h11,13-14H,6-10H2,1-5H3. The highest BCUT2D eigenvalue weighted by Gasteiger charge is 2.20. The summed E-state index contributed by atoms with van der Waals surface area (Å²) in [6, 6.07) is 0. The summed E-state index contributed by atoms with van der Waals surface area (Å²) in [7, 11) is 0. The third kappa shape index (κ3) is 10.7. The SMILES string of the molecule is CC(=O)C(C)OC(=O)CCCCCC(=O)OC(C)C(=O)OC(C)C. The fourth-order valence-corrected chi connectivity index (χ4v) is 1.69. The van der Waals surface area contributed by atoms with E-state index >= 15 is 0 Å². The molecule has 24 heavy (non-hydrogen) atoms. The van der Waals surface area contributed by atoms with E-state index in [0.717, 1.165) is 0 Å². The molecule has 0 N–H and O–H groups in total. The van der Waals surface area contributed by atoms with Crippen molar-refractivity contribution in [1.82, 2.24) is 0 Å². The topological polar surface area (TPSA) is 96.0 Å². The van der Waals surface area contributed by atoms with Crippen LogP contribution in [-0.2, 0) is 33.4 Å². The van der Waals surface area contributed by atoms with Crippen LogP contribution in [0.25, 0.3) is 0 Å². The summed E-state index contributed by atoms with van der Waals surface area (Å²) < 4.78 is 14.8. The van der Waals surface area contributed by atoms with Crippen molar-refractivity contribution in [3.8, 4) is 0 Å². The number of esters is 3. The van der Waals surface area contributed by atoms with E-state index in [1.807, 2.05) is 0 Å². The predicted molar refractivity (Wildman–Crippen MR) is 86.1 cm³/mol. The predicted octanol–water partition coefficient (Wildman–Crippen LogP) is 2.34. The van der Waals surface area contributed by atoms with Gasteiger partial charge in [-0.2, -0.15) is 0 Å². The number of unbranched alkanes of at least 4 members (excludes halogenated alkanes) is 2. The van der Waals surface area contributed by atoms with Gasteiger partial charge in [-0.05, 0) is 47.5 Å². The number of ketones is 1. The van der Waals surface area contributed by atoms with Gasteiger partial charge in [-0.15, -0.1) is 0 Å². The van der Waals surface area contributed by atoms with Gasteiger partial charge < -0.3 is 14.2 Å². The van der Waals surface area contributed by atoms with Gasteiger partial charge in [0.2, 0.25) is 0 Å². The summed E-state index contributed by atoms with van der Waals surface area (Å²) >= 11 is 0. The quantitative estimate of drug-likeness (QED) is 0.322. The molecule has 0 saturated carbocycles. The van der Waals surface area contributed by atoms with Crippen molar-refractivity contribution < 1.29 is 33.4 Å². The van der Waals surface area contributed by atoms with Gasteiger partial charge in [-0.3, -0.25) is 14.4 Å². The van der Waals surface area contributed by atoms with Crippen LogP contribution >= 0.6 is 0 Å². The molecular weight excluding hydrogens is 316 g/mol. The lowest BCUT2D eigenvalue weighted by Crippen LogP contribution is -2.28. The summed E-state index contributed by atoms with van der Waals surface area (Å²) in [5, 5.41) is 0. The second-order valence-corrected chi connectivity index (χ2v) is 5.92. The maximum Gasteiger partial charge on any atom is 0.347 e. The van der Waals surface area contributed by atoms with Crippen LogP contribution in [0.4, 0.5) is 0 Å². The second kappa shape index (κ2) is 11.6. The van der Waals surface area contributed by atoms with Crippen molar-refractivity contribution in [2.24, 2.45) is 0 Å². The van der Waals surface area contributed by atoms with Crippen molar-refractivity contribution in [2.75, 3.05) is 0 Å². The Kier molecular flexibility index (Phi) is 10.7. The number of carbonyl (C=O) groups excluding carboxylic acids is 4. The van der Waals surface area contributed by atoms with Crippen LogP contribution in [-0.4, -0.2) is 42.0 Å². The highest BCUT2D eigenvalue weighted by atomic mass is 16.6. The van der Waals surface area contributed by atoms with E-state index in [0.29, 0.717) is 19.3 Å². The molecule has 0 aliphatic heterocycles. The lowest BCUT2D eigenvalue weighted by Gasteiger charge is -2.14. The Morgan fingerprint density at radius 1 is 0.708 bits per heavy atom. The normalized spacial score (nSPS) is 13.1. The van der Waals surface area contributed by atoms with Gasteiger partial charge in [0, 0.05) is 12.8 Å². The highest BCUT2D eigenvalue weighted by Crippen LogP contribution is 2.08. The Hall–Kier alpha value is -1.92. The number of Topliss-reactive ketones (excluding diaryl/α,β-unsaturated/α-hetero) is 1. The van der Waals surface area contributed by atoms with E-state index in [9.17, 15) is 19.2 Å². The lowest BCUT2D eigenvalue weighted by molar-refractivity contribution is -0.169. The Balaban J connectivity index is 3.81. The maximum atomic E-state index is 11.6. The Morgan fingerprint density at radius 2 is 1.17 bits per heavy atom. The van der Waals surface area contributed by atoms with Gasteiger partial charge in [0.15, 0.2) is 18.0 Å². The minimum Gasteiger partial charge on any atom is -0.460 e. The van der Waals surface area contributed by atoms with Crippen LogP contribution in [0.1, 0.15) is 66.7 Å². The molecular formula is C17H28O7. The molecule has 0 amide bonds. The monoisotopic (exact) mass is 344 g/mol. The Bertz CT molecular complexity index is 442. The fourth-order valence-electron chi connectivity index (χ4n) is 1.69. The van der Waals surface area contributed by atoms with Crippen molar-refractivity contribution in [2.45, 2.75) is 85.0 Å². The number of rotatable bonds is 11. The molecule has 0 bridgehead atoms. The lowest BCUT2D eigenvalue weighted by atomic mass is 10.1. The fraction of sp³-hybridized carbons (Fsp3) is 0.765. The average Bonchev–Trinajstić information content (AvgIpc) is 2.45. The number of hydrogen-bond donors (Lipinski definition) is 0. The molecule has 138 valence electrons. The molecule has 2 unspecified atom stereocenters. The summed E-state index contributed by atoms with van der Waals surface area (Å²) in [6.45, 7) is 7.79. The highest BCUT2D eigenvalue weighted by molar-refractivity contribution is 5.83. The first-order chi connectivity index (χ1) is 11.1. The van der Waals surface area contributed by atoms with E-state index in [-0.39, 0.29) is 24.7 Å². The van der Waals surface area contributed by atoms with Crippen LogP contribution in [0.3, 0.4) is 0 Å². The molecule has 7 heteroatoms. The molecule has 0 radical (unpaired) electrons. The first kappa shape index (κ1) is 22.1. The summed E-state index contributed by atoms with van der Waals surface area (Å²) in [6.07, 6.45) is 0.194. The minimum atomic E-state index is -0.928. The smallest absolute Gasteiger partial charge is 0.347 e. The molecule has 0 spiro atoms. The Morgan fingerprint density at radius 3 is 1.58 bits per heavy atom. The molecule has 2 atom stereocenters. The summed E-state index contributed by atoms with van der Waals surface area (Å²) in [5.41, 5.74) is 0. The summed E-state index contributed by atoms with van der Waals surface area (Å²) in [4.78, 5) is 45.5. The van der Waals surface area contributed by atoms with Crippen molar-refractivity contribution in [1.29, 1.82) is 0 Å². The van der Waals surface area contributed by atoms with Crippen molar-refractivity contribution >= 4 is 23.7 Å². The van der Waals surface area contributed by atoms with E-state index < -0.39 is 30.1 Å². The molecule has 0 fully saturated rings. The number of carbonyl (C=O) groups is 4. The maximum absolute atomic E-state index is 11.6.